The Morgan fingerprint density at radius 3 is 1.98 bits per heavy atom. The van der Waals surface area contributed by atoms with E-state index in [9.17, 15) is 18.0 Å². The second-order valence-electron chi connectivity index (χ2n) is 9.30. The third kappa shape index (κ3) is 6.79. The number of piperazine rings is 1. The van der Waals surface area contributed by atoms with Gasteiger partial charge in [-0.1, -0.05) is 72.4 Å². The molecule has 1 aliphatic heterocycles. The normalized spacial score (nSPS) is 14.0. The highest BCUT2D eigenvalue weighted by atomic mass is 32.2. The van der Waals surface area contributed by atoms with Crippen LogP contribution >= 0.6 is 11.8 Å². The summed E-state index contributed by atoms with van der Waals surface area (Å²) in [5.74, 6) is -0.246. The van der Waals surface area contributed by atoms with Gasteiger partial charge < -0.3 is 10.2 Å². The van der Waals surface area contributed by atoms with Crippen LogP contribution in [0.5, 0.6) is 0 Å². The molecule has 0 aliphatic carbocycles. The third-order valence-electron chi connectivity index (χ3n) is 6.49. The van der Waals surface area contributed by atoms with Crippen molar-refractivity contribution >= 4 is 39.3 Å². The van der Waals surface area contributed by atoms with Crippen LogP contribution in [0, 0.1) is 0 Å². The molecule has 1 N–H and O–H groups in total. The van der Waals surface area contributed by atoms with Gasteiger partial charge >= 0.3 is 0 Å². The maximum Gasteiger partial charge on any atom is 0.243 e. The molecule has 0 bridgehead atoms. The molecule has 4 aromatic rings. The van der Waals surface area contributed by atoms with E-state index in [-0.39, 0.29) is 48.6 Å². The Morgan fingerprint density at radius 2 is 1.39 bits per heavy atom. The molecule has 1 aliphatic rings. The maximum absolute atomic E-state index is 13.1. The molecule has 0 radical (unpaired) electrons. The van der Waals surface area contributed by atoms with Gasteiger partial charge in [0.1, 0.15) is 11.4 Å². The summed E-state index contributed by atoms with van der Waals surface area (Å²) in [6.45, 7) is 2.33. The lowest BCUT2D eigenvalue weighted by atomic mass is 10.0. The number of nitrogens with zero attached hydrogens (tertiary/aromatic N) is 5. The fourth-order valence-electron chi connectivity index (χ4n) is 4.42. The average molecular weight is 589 g/mol. The van der Waals surface area contributed by atoms with E-state index in [0.29, 0.717) is 22.2 Å². The van der Waals surface area contributed by atoms with Gasteiger partial charge in [-0.3, -0.25) is 9.59 Å². The highest BCUT2D eigenvalue weighted by Gasteiger charge is 2.30. The van der Waals surface area contributed by atoms with Crippen LogP contribution in [-0.4, -0.2) is 76.6 Å². The van der Waals surface area contributed by atoms with Crippen LogP contribution in [0.15, 0.2) is 95.0 Å². The van der Waals surface area contributed by atoms with Crippen LogP contribution in [-0.2, 0) is 19.6 Å². The quantitative estimate of drug-likeness (QED) is 0.308. The topological polar surface area (TPSA) is 125 Å². The van der Waals surface area contributed by atoms with Gasteiger partial charge in [-0.2, -0.15) is 4.31 Å². The number of hydrogen-bond donors (Lipinski definition) is 1. The number of anilines is 1. The largest absolute Gasteiger partial charge is 0.339 e. The van der Waals surface area contributed by atoms with Crippen LogP contribution in [0.4, 0.5) is 5.69 Å². The number of thioether (sulfide) groups is 1. The number of benzene rings is 3. The van der Waals surface area contributed by atoms with Crippen LogP contribution in [0.1, 0.15) is 6.92 Å². The van der Waals surface area contributed by atoms with Crippen LogP contribution < -0.4 is 5.32 Å². The summed E-state index contributed by atoms with van der Waals surface area (Å²) >= 11 is 1.21. The first kappa shape index (κ1) is 28.4. The minimum absolute atomic E-state index is 0.109. The van der Waals surface area contributed by atoms with Crippen molar-refractivity contribution in [2.75, 3.05) is 37.2 Å². The molecule has 210 valence electrons. The number of nitrogens with one attached hydrogen (secondary N) is 1. The monoisotopic (exact) mass is 588 g/mol. The molecule has 2 heterocycles. The molecule has 0 spiro atoms. The Morgan fingerprint density at radius 1 is 0.805 bits per heavy atom. The lowest BCUT2D eigenvalue weighted by Crippen LogP contribution is -2.50. The number of rotatable bonds is 8. The molecule has 1 saturated heterocycles. The average Bonchev–Trinajstić information content (AvgIpc) is 3.00. The Hall–Kier alpha value is -4.13. The van der Waals surface area contributed by atoms with Crippen molar-refractivity contribution in [2.45, 2.75) is 17.0 Å². The molecular formula is C29H28N6O4S2. The van der Waals surface area contributed by atoms with Crippen molar-refractivity contribution in [1.29, 1.82) is 0 Å². The predicted molar refractivity (Wildman–Crippen MR) is 158 cm³/mol. The molecule has 10 nitrogen and oxygen atoms in total. The highest BCUT2D eigenvalue weighted by Crippen LogP contribution is 2.30. The van der Waals surface area contributed by atoms with Gasteiger partial charge in [0.15, 0.2) is 0 Å². The summed E-state index contributed by atoms with van der Waals surface area (Å²) in [6.07, 6.45) is 0. The second kappa shape index (κ2) is 12.6. The minimum atomic E-state index is -3.72. The second-order valence-corrected chi connectivity index (χ2v) is 12.2. The molecule has 5 rings (SSSR count). The zero-order valence-electron chi connectivity index (χ0n) is 22.3. The Balaban J connectivity index is 1.21. The van der Waals surface area contributed by atoms with Gasteiger partial charge in [0.05, 0.1) is 10.6 Å². The number of sulfonamides is 1. The predicted octanol–water partition coefficient (Wildman–Crippen LogP) is 3.79. The van der Waals surface area contributed by atoms with E-state index in [1.807, 2.05) is 60.7 Å². The number of hydrogen-bond acceptors (Lipinski definition) is 8. The molecule has 0 unspecified atom stereocenters. The van der Waals surface area contributed by atoms with E-state index in [2.05, 4.69) is 15.5 Å². The van der Waals surface area contributed by atoms with Crippen LogP contribution in [0.2, 0.25) is 0 Å². The number of amides is 2. The number of aromatic nitrogens is 3. The van der Waals surface area contributed by atoms with Gasteiger partial charge in [-0.05, 0) is 24.3 Å². The van der Waals surface area contributed by atoms with Gasteiger partial charge in [0.2, 0.25) is 27.0 Å². The van der Waals surface area contributed by atoms with Gasteiger partial charge in [-0.15, -0.1) is 10.2 Å². The van der Waals surface area contributed by atoms with Crippen molar-refractivity contribution in [3.63, 3.8) is 0 Å². The molecule has 0 atom stereocenters. The van der Waals surface area contributed by atoms with Crippen molar-refractivity contribution in [1.82, 2.24) is 24.4 Å². The number of carbonyl (C=O) groups is 2. The highest BCUT2D eigenvalue weighted by molar-refractivity contribution is 7.99. The van der Waals surface area contributed by atoms with Crippen molar-refractivity contribution < 1.29 is 18.0 Å². The first-order valence-corrected chi connectivity index (χ1v) is 15.4. The van der Waals surface area contributed by atoms with Gasteiger partial charge in [-0.25, -0.2) is 13.4 Å². The number of carbonyl (C=O) groups excluding carboxylic acids is 2. The Bertz CT molecular complexity index is 1630. The van der Waals surface area contributed by atoms with Crippen molar-refractivity contribution in [3.8, 4) is 22.5 Å². The summed E-state index contributed by atoms with van der Waals surface area (Å²) in [4.78, 5) is 30.7. The smallest absolute Gasteiger partial charge is 0.243 e. The molecule has 12 heteroatoms. The van der Waals surface area contributed by atoms with Crippen LogP contribution in [0.3, 0.4) is 0 Å². The van der Waals surface area contributed by atoms with Gasteiger partial charge in [0.25, 0.3) is 0 Å². The molecule has 0 saturated carbocycles. The standard InChI is InChI=1S/C29H28N6O4S2/c1-21(36)30-24-12-14-25(15-13-24)41(38,39)35-18-16-34(17-19-35)26(37)20-40-29-31-27(22-8-4-2-5-9-22)28(32-33-29)23-10-6-3-7-11-23/h2-15H,16-20H2,1H3,(H,30,36). The fourth-order valence-corrected chi connectivity index (χ4v) is 6.53. The third-order valence-corrected chi connectivity index (χ3v) is 9.23. The Kier molecular flexibility index (Phi) is 8.72. The molecule has 41 heavy (non-hydrogen) atoms. The first-order valence-electron chi connectivity index (χ1n) is 13.0. The van der Waals surface area contributed by atoms with E-state index >= 15 is 0 Å². The minimum Gasteiger partial charge on any atom is -0.339 e. The summed E-state index contributed by atoms with van der Waals surface area (Å²) < 4.78 is 27.6. The zero-order chi connectivity index (χ0) is 28.8. The summed E-state index contributed by atoms with van der Waals surface area (Å²) in [5.41, 5.74) is 3.67. The fraction of sp³-hybridized carbons (Fsp3) is 0.207. The molecule has 1 fully saturated rings. The van der Waals surface area contributed by atoms with E-state index in [1.54, 1.807) is 17.0 Å². The lowest BCUT2D eigenvalue weighted by Gasteiger charge is -2.34. The van der Waals surface area contributed by atoms with E-state index in [4.69, 9.17) is 4.98 Å². The first-order chi connectivity index (χ1) is 19.8. The Labute approximate surface area is 242 Å². The van der Waals surface area contributed by atoms with E-state index in [1.165, 1.54) is 35.1 Å². The zero-order valence-corrected chi connectivity index (χ0v) is 23.9. The summed E-state index contributed by atoms with van der Waals surface area (Å²) in [5, 5.41) is 11.7. The summed E-state index contributed by atoms with van der Waals surface area (Å²) in [7, 11) is -3.72. The van der Waals surface area contributed by atoms with E-state index in [0.717, 1.165) is 11.1 Å². The molecule has 2 amide bonds. The molecule has 1 aromatic heterocycles. The maximum atomic E-state index is 13.1. The SMILES string of the molecule is CC(=O)Nc1ccc(S(=O)(=O)N2CCN(C(=O)CSc3nnc(-c4ccccc4)c(-c4ccccc4)n3)CC2)cc1. The van der Waals surface area contributed by atoms with Crippen LogP contribution in [0.25, 0.3) is 22.5 Å². The molecule has 3 aromatic carbocycles. The van der Waals surface area contributed by atoms with Gasteiger partial charge in [0, 0.05) is 49.9 Å². The lowest BCUT2D eigenvalue weighted by molar-refractivity contribution is -0.129. The van der Waals surface area contributed by atoms with Crippen molar-refractivity contribution in [2.24, 2.45) is 0 Å². The van der Waals surface area contributed by atoms with Crippen molar-refractivity contribution in [3.05, 3.63) is 84.9 Å². The molecular weight excluding hydrogens is 560 g/mol. The van der Waals surface area contributed by atoms with E-state index < -0.39 is 10.0 Å². The summed E-state index contributed by atoms with van der Waals surface area (Å²) in [6, 6.07) is 25.5.